The average Bonchev–Trinajstić information content (AvgIpc) is 2.67. The van der Waals surface area contributed by atoms with E-state index in [4.69, 9.17) is 9.47 Å². The van der Waals surface area contributed by atoms with Crippen molar-refractivity contribution in [1.82, 2.24) is 10.2 Å². The molecule has 10 heteroatoms. The number of ether oxygens (including phenoxy) is 2. The molecule has 1 aliphatic rings. The molecule has 1 N–H and O–H groups in total. The van der Waals surface area contributed by atoms with Crippen molar-refractivity contribution in [2.45, 2.75) is 12.4 Å². The second-order valence-electron chi connectivity index (χ2n) is 5.75. The zero-order valence-electron chi connectivity index (χ0n) is 14.5. The number of non-ortho nitro benzene ring substituents is 1. The Balaban J connectivity index is 1.89. The molecule has 0 aliphatic carbocycles. The van der Waals surface area contributed by atoms with E-state index in [2.05, 4.69) is 5.32 Å². The third kappa shape index (κ3) is 3.91. The first-order valence-electron chi connectivity index (χ1n) is 8.06. The number of amides is 1. The van der Waals surface area contributed by atoms with E-state index >= 15 is 0 Å². The van der Waals surface area contributed by atoms with Crippen LogP contribution in [-0.4, -0.2) is 29.4 Å². The average molecular weight is 391 g/mol. The maximum Gasteiger partial charge on any atom is 0.419 e. The molecule has 3 rings (SSSR count). The quantitative estimate of drug-likeness (QED) is 0.634. The number of carbonyl (C=O) groups is 1. The maximum absolute atomic E-state index is 14.3. The van der Waals surface area contributed by atoms with Crippen molar-refractivity contribution in [3.05, 3.63) is 82.1 Å². The lowest BCUT2D eigenvalue weighted by Gasteiger charge is -2.37. The van der Waals surface area contributed by atoms with Crippen molar-refractivity contribution in [3.8, 4) is 5.75 Å². The molecule has 2 aromatic carbocycles. The monoisotopic (exact) mass is 391 g/mol. The van der Waals surface area contributed by atoms with Crippen molar-refractivity contribution in [3.63, 3.8) is 0 Å². The molecule has 2 aromatic rings. The Morgan fingerprint density at radius 2 is 1.93 bits per heavy atom. The van der Waals surface area contributed by atoms with Crippen LogP contribution in [0.15, 0.2) is 54.7 Å². The van der Waals surface area contributed by atoms with Gasteiger partial charge in [0.2, 0.25) is 6.35 Å². The Bertz CT molecular complexity index is 920. The van der Waals surface area contributed by atoms with Crippen LogP contribution in [0.25, 0.3) is 0 Å². The highest BCUT2D eigenvalue weighted by Crippen LogP contribution is 2.30. The SMILES string of the molecule is COC1NC=CC(c2ccc(F)cc2F)N1C(=O)Oc1ccc([N+](=O)[O-])cc1. The van der Waals surface area contributed by atoms with Crippen LogP contribution in [0.1, 0.15) is 11.6 Å². The summed E-state index contributed by atoms with van der Waals surface area (Å²) >= 11 is 0. The molecule has 0 fully saturated rings. The van der Waals surface area contributed by atoms with Gasteiger partial charge in [0.15, 0.2) is 0 Å². The van der Waals surface area contributed by atoms with Crippen molar-refractivity contribution in [2.24, 2.45) is 0 Å². The van der Waals surface area contributed by atoms with Gasteiger partial charge in [-0.25, -0.2) is 13.6 Å². The van der Waals surface area contributed by atoms with Gasteiger partial charge in [-0.2, -0.15) is 0 Å². The summed E-state index contributed by atoms with van der Waals surface area (Å²) in [5.74, 6) is -1.53. The first-order valence-corrected chi connectivity index (χ1v) is 8.06. The van der Waals surface area contributed by atoms with Crippen LogP contribution < -0.4 is 10.1 Å². The molecule has 28 heavy (non-hydrogen) atoms. The highest BCUT2D eigenvalue weighted by Gasteiger charge is 2.35. The zero-order valence-corrected chi connectivity index (χ0v) is 14.5. The largest absolute Gasteiger partial charge is 0.419 e. The van der Waals surface area contributed by atoms with Gasteiger partial charge in [-0.1, -0.05) is 6.07 Å². The Morgan fingerprint density at radius 3 is 2.54 bits per heavy atom. The number of methoxy groups -OCH3 is 1. The minimum Gasteiger partial charge on any atom is -0.410 e. The fourth-order valence-electron chi connectivity index (χ4n) is 2.72. The van der Waals surface area contributed by atoms with Gasteiger partial charge in [0, 0.05) is 30.9 Å². The van der Waals surface area contributed by atoms with Crippen molar-refractivity contribution in [2.75, 3.05) is 7.11 Å². The predicted molar refractivity (Wildman–Crippen MR) is 93.1 cm³/mol. The maximum atomic E-state index is 14.3. The molecule has 0 radical (unpaired) electrons. The molecular formula is C18H15F2N3O5. The van der Waals surface area contributed by atoms with E-state index in [1.54, 1.807) is 0 Å². The Labute approximate surface area is 158 Å². The van der Waals surface area contributed by atoms with Crippen LogP contribution in [0.5, 0.6) is 5.75 Å². The third-order valence-electron chi connectivity index (χ3n) is 4.04. The van der Waals surface area contributed by atoms with Gasteiger partial charge < -0.3 is 14.8 Å². The Morgan fingerprint density at radius 1 is 1.21 bits per heavy atom. The predicted octanol–water partition coefficient (Wildman–Crippen LogP) is 3.46. The van der Waals surface area contributed by atoms with Gasteiger partial charge >= 0.3 is 6.09 Å². The number of hydrogen-bond donors (Lipinski definition) is 1. The minimum atomic E-state index is -0.981. The Hall–Kier alpha value is -3.53. The summed E-state index contributed by atoms with van der Waals surface area (Å²) in [4.78, 5) is 23.9. The summed E-state index contributed by atoms with van der Waals surface area (Å²) in [5.41, 5.74) is -0.120. The van der Waals surface area contributed by atoms with E-state index in [1.165, 1.54) is 49.7 Å². The van der Waals surface area contributed by atoms with E-state index in [9.17, 15) is 23.7 Å². The standard InChI is InChI=1S/C18H15F2N3O5/c1-27-17-21-9-8-16(14-7-2-11(19)10-15(14)20)22(17)18(24)28-13-5-3-12(4-6-13)23(25)26/h2-10,16-17,21H,1H3. The normalized spacial score (nSPS) is 18.5. The molecule has 1 heterocycles. The highest BCUT2D eigenvalue weighted by molar-refractivity contribution is 5.72. The van der Waals surface area contributed by atoms with Gasteiger partial charge in [0.25, 0.3) is 5.69 Å². The molecule has 2 unspecified atom stereocenters. The molecule has 8 nitrogen and oxygen atoms in total. The van der Waals surface area contributed by atoms with E-state index in [1.807, 2.05) is 0 Å². The fraction of sp³-hybridized carbons (Fsp3) is 0.167. The molecule has 0 spiro atoms. The fourth-order valence-corrected chi connectivity index (χ4v) is 2.72. The number of nitrogens with zero attached hydrogens (tertiary/aromatic N) is 2. The van der Waals surface area contributed by atoms with Crippen LogP contribution in [0.2, 0.25) is 0 Å². The van der Waals surface area contributed by atoms with E-state index in [0.29, 0.717) is 6.07 Å². The van der Waals surface area contributed by atoms with Gasteiger partial charge in [-0.3, -0.25) is 15.0 Å². The summed E-state index contributed by atoms with van der Waals surface area (Å²) in [6.45, 7) is 0. The van der Waals surface area contributed by atoms with Crippen molar-refractivity contribution >= 4 is 11.8 Å². The molecule has 0 aromatic heterocycles. The number of halogens is 2. The number of hydrogen-bond acceptors (Lipinski definition) is 6. The number of nitro benzene ring substituents is 1. The summed E-state index contributed by atoms with van der Waals surface area (Å²) in [5, 5.41) is 13.5. The second kappa shape index (κ2) is 8.01. The number of nitrogens with one attached hydrogen (secondary N) is 1. The number of benzene rings is 2. The van der Waals surface area contributed by atoms with Gasteiger partial charge in [-0.05, 0) is 30.5 Å². The Kier molecular flexibility index (Phi) is 5.50. The van der Waals surface area contributed by atoms with Gasteiger partial charge in [0.1, 0.15) is 17.4 Å². The summed E-state index contributed by atoms with van der Waals surface area (Å²) in [7, 11) is 1.33. The molecule has 1 amide bonds. The zero-order chi connectivity index (χ0) is 20.3. The van der Waals surface area contributed by atoms with Crippen LogP contribution in [-0.2, 0) is 4.74 Å². The molecule has 1 aliphatic heterocycles. The lowest BCUT2D eigenvalue weighted by atomic mass is 10.0. The lowest BCUT2D eigenvalue weighted by Crippen LogP contribution is -2.53. The van der Waals surface area contributed by atoms with Crippen molar-refractivity contribution < 1.29 is 28.0 Å². The van der Waals surface area contributed by atoms with E-state index in [0.717, 1.165) is 11.0 Å². The topological polar surface area (TPSA) is 93.9 Å². The summed E-state index contributed by atoms with van der Waals surface area (Å²) in [6.07, 6.45) is 1.09. The smallest absolute Gasteiger partial charge is 0.410 e. The van der Waals surface area contributed by atoms with Gasteiger partial charge in [-0.15, -0.1) is 0 Å². The molecule has 0 saturated carbocycles. The van der Waals surface area contributed by atoms with Crippen LogP contribution in [0.4, 0.5) is 19.3 Å². The van der Waals surface area contributed by atoms with E-state index in [-0.39, 0.29) is 17.0 Å². The summed E-state index contributed by atoms with van der Waals surface area (Å²) in [6, 6.07) is 6.98. The van der Waals surface area contributed by atoms with Crippen LogP contribution in [0.3, 0.4) is 0 Å². The van der Waals surface area contributed by atoms with Gasteiger partial charge in [0.05, 0.1) is 11.0 Å². The van der Waals surface area contributed by atoms with Crippen LogP contribution in [0, 0.1) is 21.7 Å². The molecular weight excluding hydrogens is 376 g/mol. The minimum absolute atomic E-state index is 0.0434. The second-order valence-corrected chi connectivity index (χ2v) is 5.75. The molecule has 0 bridgehead atoms. The number of carbonyl (C=O) groups excluding carboxylic acids is 1. The lowest BCUT2D eigenvalue weighted by molar-refractivity contribution is -0.384. The van der Waals surface area contributed by atoms with E-state index < -0.39 is 35.0 Å². The summed E-state index contributed by atoms with van der Waals surface area (Å²) < 4.78 is 38.0. The molecule has 2 atom stereocenters. The number of rotatable bonds is 4. The number of nitro groups is 1. The van der Waals surface area contributed by atoms with Crippen molar-refractivity contribution in [1.29, 1.82) is 0 Å². The molecule has 146 valence electrons. The van der Waals surface area contributed by atoms with Crippen LogP contribution >= 0.6 is 0 Å². The molecule has 0 saturated heterocycles. The third-order valence-corrected chi connectivity index (χ3v) is 4.04. The first kappa shape index (κ1) is 19.2. The first-order chi connectivity index (χ1) is 13.4. The highest BCUT2D eigenvalue weighted by atomic mass is 19.1.